The third-order valence-corrected chi connectivity index (χ3v) is 4.52. The molecule has 0 fully saturated rings. The number of hydrogen-bond donors (Lipinski definition) is 0. The van der Waals surface area contributed by atoms with E-state index in [1.165, 1.54) is 24.7 Å². The number of anilines is 1. The molecule has 0 N–H and O–H groups in total. The molecule has 0 spiro atoms. The Labute approximate surface area is 189 Å². The van der Waals surface area contributed by atoms with Crippen LogP contribution in [0, 0.1) is 0 Å². The smallest absolute Gasteiger partial charge is 0.295 e. The van der Waals surface area contributed by atoms with Crippen LogP contribution in [0.4, 0.5) is 18.9 Å². The molecule has 0 saturated heterocycles. The van der Waals surface area contributed by atoms with Crippen molar-refractivity contribution in [3.63, 3.8) is 0 Å². The Morgan fingerprint density at radius 3 is 2.50 bits per heavy atom. The number of hydrazone groups is 1. The molecule has 172 valence electrons. The molecule has 0 atom stereocenters. The van der Waals surface area contributed by atoms with E-state index < -0.39 is 29.9 Å². The highest BCUT2D eigenvalue weighted by Crippen LogP contribution is 2.32. The van der Waals surface area contributed by atoms with Gasteiger partial charge in [-0.15, -0.1) is 0 Å². The molecule has 9 nitrogen and oxygen atoms in total. The zero-order valence-corrected chi connectivity index (χ0v) is 17.3. The molecule has 34 heavy (non-hydrogen) atoms. The summed E-state index contributed by atoms with van der Waals surface area (Å²) >= 11 is 0. The molecule has 0 aliphatic heterocycles. The number of alkyl halides is 3. The molecule has 0 unspecified atom stereocenters. The summed E-state index contributed by atoms with van der Waals surface area (Å²) in [4.78, 5) is 33.3. The van der Waals surface area contributed by atoms with Gasteiger partial charge in [0, 0.05) is 12.4 Å². The maximum absolute atomic E-state index is 13.3. The first kappa shape index (κ1) is 22.6. The van der Waals surface area contributed by atoms with Gasteiger partial charge in [0.05, 0.1) is 17.5 Å². The van der Waals surface area contributed by atoms with Crippen LogP contribution in [0.15, 0.2) is 87.5 Å². The molecule has 0 radical (unpaired) electrons. The van der Waals surface area contributed by atoms with Crippen molar-refractivity contribution in [3.8, 4) is 11.6 Å². The summed E-state index contributed by atoms with van der Waals surface area (Å²) in [7, 11) is 0. The average molecular weight is 468 g/mol. The van der Waals surface area contributed by atoms with Crippen LogP contribution >= 0.6 is 0 Å². The van der Waals surface area contributed by atoms with E-state index in [0.717, 1.165) is 27.8 Å². The Morgan fingerprint density at radius 2 is 1.79 bits per heavy atom. The molecule has 0 saturated carbocycles. The third-order valence-electron chi connectivity index (χ3n) is 4.52. The molecule has 2 heterocycles. The van der Waals surface area contributed by atoms with E-state index in [9.17, 15) is 22.8 Å². The van der Waals surface area contributed by atoms with Gasteiger partial charge in [-0.25, -0.2) is 19.3 Å². The van der Waals surface area contributed by atoms with Crippen LogP contribution in [0.5, 0.6) is 0 Å². The van der Waals surface area contributed by atoms with Crippen LogP contribution in [0.2, 0.25) is 0 Å². The first-order valence-corrected chi connectivity index (χ1v) is 9.76. The van der Waals surface area contributed by atoms with E-state index in [1.54, 1.807) is 36.4 Å². The highest BCUT2D eigenvalue weighted by molar-refractivity contribution is 5.95. The average Bonchev–Trinajstić information content (AvgIpc) is 3.20. The number of benzene rings is 2. The molecule has 4 aromatic rings. The Balaban J connectivity index is 1.72. The van der Waals surface area contributed by atoms with Crippen molar-refractivity contribution >= 4 is 17.8 Å². The van der Waals surface area contributed by atoms with Gasteiger partial charge in [0.15, 0.2) is 5.82 Å². The minimum atomic E-state index is -4.63. The second-order valence-corrected chi connectivity index (χ2v) is 6.84. The first-order valence-electron chi connectivity index (χ1n) is 9.76. The van der Waals surface area contributed by atoms with E-state index in [-0.39, 0.29) is 17.3 Å². The van der Waals surface area contributed by atoms with Gasteiger partial charge in [0.25, 0.3) is 5.91 Å². The van der Waals surface area contributed by atoms with Gasteiger partial charge >= 0.3 is 11.9 Å². The predicted octanol–water partition coefficient (Wildman–Crippen LogP) is 3.38. The lowest BCUT2D eigenvalue weighted by atomic mass is 10.2. The lowest BCUT2D eigenvalue weighted by Crippen LogP contribution is -2.33. The Bertz CT molecular complexity index is 1370. The molecule has 0 bridgehead atoms. The third kappa shape index (κ3) is 5.06. The molecule has 1 amide bonds. The van der Waals surface area contributed by atoms with Gasteiger partial charge in [-0.2, -0.15) is 23.3 Å². The number of halogens is 3. The van der Waals surface area contributed by atoms with E-state index in [2.05, 4.69) is 24.7 Å². The summed E-state index contributed by atoms with van der Waals surface area (Å²) in [6.45, 7) is -0.641. The van der Waals surface area contributed by atoms with Crippen LogP contribution in [0.1, 0.15) is 11.1 Å². The fourth-order valence-corrected chi connectivity index (χ4v) is 2.94. The van der Waals surface area contributed by atoms with Gasteiger partial charge in [0.2, 0.25) is 5.82 Å². The van der Waals surface area contributed by atoms with Crippen molar-refractivity contribution < 1.29 is 22.5 Å². The highest BCUT2D eigenvalue weighted by atomic mass is 19.4. The lowest BCUT2D eigenvalue weighted by molar-refractivity contribution is -0.137. The Hall–Kier alpha value is -4.61. The van der Waals surface area contributed by atoms with Crippen LogP contribution in [-0.4, -0.2) is 31.8 Å². The van der Waals surface area contributed by atoms with Crippen LogP contribution in [0.25, 0.3) is 11.6 Å². The van der Waals surface area contributed by atoms with Gasteiger partial charge in [-0.3, -0.25) is 9.32 Å². The number of carbonyl (C=O) groups is 1. The molecular weight excluding hydrogens is 453 g/mol. The van der Waals surface area contributed by atoms with Crippen molar-refractivity contribution in [2.75, 3.05) is 5.01 Å². The van der Waals surface area contributed by atoms with E-state index in [4.69, 9.17) is 0 Å². The van der Waals surface area contributed by atoms with Gasteiger partial charge in [0.1, 0.15) is 6.54 Å². The molecule has 0 aliphatic carbocycles. The topological polar surface area (TPSA) is 106 Å². The minimum absolute atomic E-state index is 0.0274. The zero-order valence-electron chi connectivity index (χ0n) is 17.3. The van der Waals surface area contributed by atoms with Crippen molar-refractivity contribution in [1.82, 2.24) is 19.7 Å². The molecule has 2 aromatic carbocycles. The predicted molar refractivity (Wildman–Crippen MR) is 115 cm³/mol. The van der Waals surface area contributed by atoms with Crippen LogP contribution in [-0.2, 0) is 17.5 Å². The number of rotatable bonds is 6. The summed E-state index contributed by atoms with van der Waals surface area (Å²) in [6, 6.07) is 14.3. The molecular formula is C22H15F3N6O3. The fraction of sp³-hybridized carbons (Fsp3) is 0.0909. The van der Waals surface area contributed by atoms with Crippen molar-refractivity contribution in [2.24, 2.45) is 5.10 Å². The van der Waals surface area contributed by atoms with Crippen molar-refractivity contribution in [3.05, 3.63) is 94.7 Å². The number of aromatic nitrogens is 4. The number of hydrogen-bond acceptors (Lipinski definition) is 7. The van der Waals surface area contributed by atoms with Crippen LogP contribution in [0.3, 0.4) is 0 Å². The normalized spacial score (nSPS) is 11.6. The summed E-state index contributed by atoms with van der Waals surface area (Å²) in [5.74, 6) is -1.88. The summed E-state index contributed by atoms with van der Waals surface area (Å²) in [6.07, 6.45) is -0.494. The van der Waals surface area contributed by atoms with Gasteiger partial charge < -0.3 is 0 Å². The standard InChI is InChI=1S/C22H15F3N6O3/c23-22(24,25)16-8-4-9-17(12-16)31(28-13-15-6-2-1-3-7-15)18(32)14-30-20(29-34-21(30)33)19-26-10-5-11-27-19/h1-13H,14H2/b28-13+. The molecule has 12 heteroatoms. The Kier molecular flexibility index (Phi) is 6.30. The van der Waals surface area contributed by atoms with Crippen molar-refractivity contribution in [1.29, 1.82) is 0 Å². The number of amides is 1. The summed E-state index contributed by atoms with van der Waals surface area (Å²) in [5.41, 5.74) is -0.500. The first-order chi connectivity index (χ1) is 16.3. The van der Waals surface area contributed by atoms with Crippen molar-refractivity contribution in [2.45, 2.75) is 12.7 Å². The summed E-state index contributed by atoms with van der Waals surface area (Å²) in [5, 5.41) is 8.47. The van der Waals surface area contributed by atoms with Gasteiger partial charge in [-0.1, -0.05) is 41.6 Å². The fourth-order valence-electron chi connectivity index (χ4n) is 2.94. The molecule has 4 rings (SSSR count). The highest BCUT2D eigenvalue weighted by Gasteiger charge is 2.31. The number of carbonyl (C=O) groups excluding carboxylic acids is 1. The second kappa shape index (κ2) is 9.48. The van der Waals surface area contributed by atoms with Crippen LogP contribution < -0.4 is 10.8 Å². The maximum Gasteiger partial charge on any atom is 0.442 e. The molecule has 0 aliphatic rings. The Morgan fingerprint density at radius 1 is 1.06 bits per heavy atom. The lowest BCUT2D eigenvalue weighted by Gasteiger charge is -2.19. The number of nitrogens with zero attached hydrogens (tertiary/aromatic N) is 6. The quantitative estimate of drug-likeness (QED) is 0.317. The largest absolute Gasteiger partial charge is 0.442 e. The second-order valence-electron chi connectivity index (χ2n) is 6.84. The summed E-state index contributed by atoms with van der Waals surface area (Å²) < 4.78 is 45.3. The van der Waals surface area contributed by atoms with Gasteiger partial charge in [-0.05, 0) is 29.8 Å². The monoisotopic (exact) mass is 468 g/mol. The zero-order chi connectivity index (χ0) is 24.1. The van der Waals surface area contributed by atoms with E-state index >= 15 is 0 Å². The maximum atomic E-state index is 13.3. The van der Waals surface area contributed by atoms with E-state index in [0.29, 0.717) is 5.56 Å². The SMILES string of the molecule is O=C(Cn1c(-c2ncccn2)noc1=O)N(/N=C/c1ccccc1)c1cccc(C(F)(F)F)c1. The van der Waals surface area contributed by atoms with E-state index in [1.807, 2.05) is 0 Å². The molecule has 2 aromatic heterocycles. The minimum Gasteiger partial charge on any atom is -0.295 e.